The number of carbonyl (C=O) groups excluding carboxylic acids is 1. The van der Waals surface area contributed by atoms with Gasteiger partial charge >= 0.3 is 0 Å². The largest absolute Gasteiger partial charge is 0.325 e. The molecule has 3 rings (SSSR count). The number of imidazole rings is 1. The molecular weight excluding hydrogens is 324 g/mol. The summed E-state index contributed by atoms with van der Waals surface area (Å²) >= 11 is 6.32. The van der Waals surface area contributed by atoms with Gasteiger partial charge < -0.3 is 9.88 Å². The van der Waals surface area contributed by atoms with Crippen molar-refractivity contribution in [1.29, 1.82) is 5.26 Å². The summed E-state index contributed by atoms with van der Waals surface area (Å²) < 4.78 is 2.08. The van der Waals surface area contributed by atoms with Crippen molar-refractivity contribution in [3.63, 3.8) is 0 Å². The van der Waals surface area contributed by atoms with E-state index in [1.54, 1.807) is 12.1 Å². The van der Waals surface area contributed by atoms with Gasteiger partial charge in [0.2, 0.25) is 5.91 Å². The molecule has 0 spiro atoms. The summed E-state index contributed by atoms with van der Waals surface area (Å²) in [6.45, 7) is 2.50. The number of hydrogen-bond donors (Lipinski definition) is 1. The van der Waals surface area contributed by atoms with E-state index in [1.165, 1.54) is 0 Å². The molecule has 1 N–H and O–H groups in total. The van der Waals surface area contributed by atoms with Crippen molar-refractivity contribution in [2.24, 2.45) is 0 Å². The molecule has 24 heavy (non-hydrogen) atoms. The highest BCUT2D eigenvalue weighted by atomic mass is 35.5. The van der Waals surface area contributed by atoms with Gasteiger partial charge in [-0.25, -0.2) is 4.98 Å². The van der Waals surface area contributed by atoms with Crippen molar-refractivity contribution in [3.05, 3.63) is 58.9 Å². The fourth-order valence-corrected chi connectivity index (χ4v) is 2.79. The van der Waals surface area contributed by atoms with Gasteiger partial charge in [-0.15, -0.1) is 0 Å². The summed E-state index contributed by atoms with van der Waals surface area (Å²) in [4.78, 5) is 16.1. The molecule has 0 saturated carbocycles. The minimum Gasteiger partial charge on any atom is -0.325 e. The number of rotatable bonds is 4. The molecule has 0 atom stereocenters. The lowest BCUT2D eigenvalue weighted by Crippen LogP contribution is -2.11. The third-order valence-corrected chi connectivity index (χ3v) is 4.11. The van der Waals surface area contributed by atoms with Crippen LogP contribution in [-0.2, 0) is 11.3 Å². The van der Waals surface area contributed by atoms with Gasteiger partial charge in [-0.2, -0.15) is 5.26 Å². The van der Waals surface area contributed by atoms with Crippen molar-refractivity contribution in [2.75, 3.05) is 5.32 Å². The fraction of sp³-hybridized carbons (Fsp3) is 0.167. The van der Waals surface area contributed by atoms with E-state index in [9.17, 15) is 4.79 Å². The Hall–Kier alpha value is -2.84. The number of para-hydroxylation sites is 2. The summed E-state index contributed by atoms with van der Waals surface area (Å²) in [6, 6.07) is 15.0. The minimum atomic E-state index is -0.338. The molecule has 3 aromatic rings. The summed E-state index contributed by atoms with van der Waals surface area (Å²) in [7, 11) is 0. The number of aromatic nitrogens is 2. The van der Waals surface area contributed by atoms with Gasteiger partial charge in [0.05, 0.1) is 23.6 Å². The number of aryl methyl sites for hydroxylation is 1. The highest BCUT2D eigenvalue weighted by Crippen LogP contribution is 2.24. The number of carbonyl (C=O) groups is 1. The maximum absolute atomic E-state index is 11.6. The first-order chi connectivity index (χ1) is 11.6. The Morgan fingerprint density at radius 3 is 2.92 bits per heavy atom. The standard InChI is InChI=1S/C18H15ClN4O/c1-12-21-16-4-2-3-5-17(16)23(12)11-13-10-14(6-7-15(13)19)22-18(24)8-9-20/h2-7,10H,8,11H2,1H3,(H,22,24). The number of anilines is 1. The number of benzene rings is 2. The second kappa shape index (κ2) is 6.73. The predicted octanol–water partition coefficient (Wildman–Crippen LogP) is 3.90. The lowest BCUT2D eigenvalue weighted by Gasteiger charge is -2.11. The van der Waals surface area contributed by atoms with Crippen LogP contribution < -0.4 is 5.32 Å². The quantitative estimate of drug-likeness (QED) is 0.784. The molecule has 0 aliphatic heterocycles. The van der Waals surface area contributed by atoms with E-state index in [-0.39, 0.29) is 12.3 Å². The number of nitrogens with one attached hydrogen (secondary N) is 1. The maximum Gasteiger partial charge on any atom is 0.238 e. The zero-order chi connectivity index (χ0) is 17.1. The average molecular weight is 339 g/mol. The molecule has 5 nitrogen and oxygen atoms in total. The van der Waals surface area contributed by atoms with Gasteiger partial charge in [-0.3, -0.25) is 4.79 Å². The first kappa shape index (κ1) is 16.0. The molecular formula is C18H15ClN4O. The van der Waals surface area contributed by atoms with E-state index in [2.05, 4.69) is 14.9 Å². The molecule has 2 aromatic carbocycles. The Balaban J connectivity index is 1.93. The summed E-state index contributed by atoms with van der Waals surface area (Å²) in [5, 5.41) is 11.9. The third kappa shape index (κ3) is 3.24. The van der Waals surface area contributed by atoms with E-state index < -0.39 is 0 Å². The SMILES string of the molecule is Cc1nc2ccccc2n1Cc1cc(NC(=O)CC#N)ccc1Cl. The fourth-order valence-electron chi connectivity index (χ4n) is 2.62. The molecule has 1 amide bonds. The number of hydrogen-bond acceptors (Lipinski definition) is 3. The second-order valence-electron chi connectivity index (χ2n) is 5.42. The van der Waals surface area contributed by atoms with Crippen molar-refractivity contribution in [2.45, 2.75) is 19.9 Å². The van der Waals surface area contributed by atoms with Crippen LogP contribution in [0.4, 0.5) is 5.69 Å². The second-order valence-corrected chi connectivity index (χ2v) is 5.83. The number of amides is 1. The lowest BCUT2D eigenvalue weighted by molar-refractivity contribution is -0.115. The number of halogens is 1. The molecule has 0 radical (unpaired) electrons. The van der Waals surface area contributed by atoms with Crippen LogP contribution in [0.2, 0.25) is 5.02 Å². The molecule has 0 bridgehead atoms. The van der Waals surface area contributed by atoms with Crippen LogP contribution in [0.1, 0.15) is 17.8 Å². The smallest absolute Gasteiger partial charge is 0.238 e. The number of fused-ring (bicyclic) bond motifs is 1. The molecule has 1 aromatic heterocycles. The van der Waals surface area contributed by atoms with Gasteiger partial charge in [0.15, 0.2) is 0 Å². The van der Waals surface area contributed by atoms with Gasteiger partial charge in [0, 0.05) is 10.7 Å². The molecule has 120 valence electrons. The molecule has 0 fully saturated rings. The third-order valence-electron chi connectivity index (χ3n) is 3.74. The Morgan fingerprint density at radius 1 is 1.33 bits per heavy atom. The van der Waals surface area contributed by atoms with Crippen LogP contribution in [-0.4, -0.2) is 15.5 Å². The summed E-state index contributed by atoms with van der Waals surface area (Å²) in [5.41, 5.74) is 3.46. The van der Waals surface area contributed by atoms with Crippen molar-refractivity contribution in [3.8, 4) is 6.07 Å². The van der Waals surface area contributed by atoms with Gasteiger partial charge in [-0.1, -0.05) is 23.7 Å². The monoisotopic (exact) mass is 338 g/mol. The molecule has 0 unspecified atom stereocenters. The molecule has 6 heteroatoms. The van der Waals surface area contributed by atoms with E-state index in [0.717, 1.165) is 22.4 Å². The lowest BCUT2D eigenvalue weighted by atomic mass is 10.2. The summed E-state index contributed by atoms with van der Waals surface area (Å²) in [6.07, 6.45) is -0.177. The molecule has 0 aliphatic carbocycles. The van der Waals surface area contributed by atoms with Gasteiger partial charge in [0.25, 0.3) is 0 Å². The first-order valence-corrected chi connectivity index (χ1v) is 7.83. The molecule has 0 aliphatic rings. The zero-order valence-electron chi connectivity index (χ0n) is 13.1. The molecule has 0 saturated heterocycles. The zero-order valence-corrected chi connectivity index (χ0v) is 13.8. The van der Waals surface area contributed by atoms with E-state index >= 15 is 0 Å². The normalized spacial score (nSPS) is 10.5. The predicted molar refractivity (Wildman–Crippen MR) is 93.9 cm³/mol. The van der Waals surface area contributed by atoms with E-state index in [4.69, 9.17) is 16.9 Å². The minimum absolute atomic E-state index is 0.177. The highest BCUT2D eigenvalue weighted by molar-refractivity contribution is 6.31. The number of nitrogens with zero attached hydrogens (tertiary/aromatic N) is 3. The highest BCUT2D eigenvalue weighted by Gasteiger charge is 2.10. The number of nitriles is 1. The Bertz CT molecular complexity index is 955. The van der Waals surface area contributed by atoms with Crippen LogP contribution in [0.3, 0.4) is 0 Å². The van der Waals surface area contributed by atoms with Crippen LogP contribution >= 0.6 is 11.6 Å². The van der Waals surface area contributed by atoms with Gasteiger partial charge in [-0.05, 0) is 42.8 Å². The van der Waals surface area contributed by atoms with Crippen LogP contribution in [0.15, 0.2) is 42.5 Å². The van der Waals surface area contributed by atoms with E-state index in [0.29, 0.717) is 17.3 Å². The van der Waals surface area contributed by atoms with Crippen molar-refractivity contribution < 1.29 is 4.79 Å². The van der Waals surface area contributed by atoms with E-state index in [1.807, 2.05) is 43.3 Å². The molecule has 1 heterocycles. The first-order valence-electron chi connectivity index (χ1n) is 7.45. The van der Waals surface area contributed by atoms with Crippen LogP contribution in [0.25, 0.3) is 11.0 Å². The Kier molecular flexibility index (Phi) is 4.50. The van der Waals surface area contributed by atoms with Crippen LogP contribution in [0, 0.1) is 18.3 Å². The van der Waals surface area contributed by atoms with Gasteiger partial charge in [0.1, 0.15) is 12.2 Å². The van der Waals surface area contributed by atoms with Crippen molar-refractivity contribution >= 4 is 34.2 Å². The van der Waals surface area contributed by atoms with Crippen LogP contribution in [0.5, 0.6) is 0 Å². The maximum atomic E-state index is 11.6. The van der Waals surface area contributed by atoms with Crippen molar-refractivity contribution in [1.82, 2.24) is 9.55 Å². The average Bonchev–Trinajstić information content (AvgIpc) is 2.87. The Morgan fingerprint density at radius 2 is 2.12 bits per heavy atom. The summed E-state index contributed by atoms with van der Waals surface area (Å²) in [5.74, 6) is 0.557. The topological polar surface area (TPSA) is 70.7 Å². The Labute approximate surface area is 144 Å².